The standard InChI is InChI=1S/C17H20FNO2.ClH/c18-16-6-2-1-5-15(16)17(21)12-19-11-3-4-13-7-9-14(20)10-8-13;/h1-2,5-10,17,19-21H,3-4,11-12H2;1H/t17-;/m0./s1. The number of aliphatic hydroxyl groups excluding tert-OH is 1. The smallest absolute Gasteiger partial charge is 0.131 e. The molecule has 0 saturated heterocycles. The lowest BCUT2D eigenvalue weighted by molar-refractivity contribution is -0.662. The van der Waals surface area contributed by atoms with Crippen molar-refractivity contribution in [1.82, 2.24) is 0 Å². The minimum absolute atomic E-state index is 0. The monoisotopic (exact) mass is 325 g/mol. The molecule has 0 aromatic heterocycles. The summed E-state index contributed by atoms with van der Waals surface area (Å²) in [6.45, 7) is 1.32. The molecule has 2 aromatic rings. The molecule has 0 fully saturated rings. The van der Waals surface area contributed by atoms with Gasteiger partial charge in [-0.25, -0.2) is 4.39 Å². The van der Waals surface area contributed by atoms with Gasteiger partial charge in [-0.05, 0) is 30.2 Å². The van der Waals surface area contributed by atoms with Gasteiger partial charge in [-0.2, -0.15) is 0 Å². The van der Waals surface area contributed by atoms with E-state index in [0.717, 1.165) is 19.4 Å². The Morgan fingerprint density at radius 2 is 1.73 bits per heavy atom. The lowest BCUT2D eigenvalue weighted by Crippen LogP contribution is -3.00. The zero-order valence-corrected chi connectivity index (χ0v) is 13.0. The van der Waals surface area contributed by atoms with Gasteiger partial charge in [-0.15, -0.1) is 0 Å². The van der Waals surface area contributed by atoms with Crippen LogP contribution in [0.25, 0.3) is 0 Å². The molecule has 0 amide bonds. The summed E-state index contributed by atoms with van der Waals surface area (Å²) in [5.74, 6) is -0.0826. The predicted molar refractivity (Wildman–Crippen MR) is 79.4 cm³/mol. The zero-order valence-electron chi connectivity index (χ0n) is 12.3. The van der Waals surface area contributed by atoms with Crippen LogP contribution < -0.4 is 17.7 Å². The van der Waals surface area contributed by atoms with E-state index in [4.69, 9.17) is 0 Å². The second-order valence-corrected chi connectivity index (χ2v) is 5.12. The number of benzene rings is 2. The molecule has 0 bridgehead atoms. The molecule has 0 spiro atoms. The van der Waals surface area contributed by atoms with Gasteiger partial charge < -0.3 is 27.9 Å². The van der Waals surface area contributed by atoms with Crippen molar-refractivity contribution in [3.8, 4) is 5.75 Å². The third-order valence-electron chi connectivity index (χ3n) is 3.46. The van der Waals surface area contributed by atoms with Crippen molar-refractivity contribution >= 4 is 0 Å². The molecule has 0 heterocycles. The number of rotatable bonds is 7. The number of phenolic OH excluding ortho intramolecular Hbond substituents is 1. The fraction of sp³-hybridized carbons (Fsp3) is 0.294. The highest BCUT2D eigenvalue weighted by atomic mass is 35.5. The van der Waals surface area contributed by atoms with Crippen molar-refractivity contribution in [3.63, 3.8) is 0 Å². The van der Waals surface area contributed by atoms with Crippen LogP contribution >= 0.6 is 0 Å². The summed E-state index contributed by atoms with van der Waals surface area (Å²) >= 11 is 0. The summed E-state index contributed by atoms with van der Waals surface area (Å²) in [6.07, 6.45) is 1.11. The molecule has 0 saturated carbocycles. The average molecular weight is 326 g/mol. The summed E-state index contributed by atoms with van der Waals surface area (Å²) in [7, 11) is 0. The molecule has 120 valence electrons. The summed E-state index contributed by atoms with van der Waals surface area (Å²) in [5, 5.41) is 21.1. The van der Waals surface area contributed by atoms with Gasteiger partial charge in [0.1, 0.15) is 24.2 Å². The van der Waals surface area contributed by atoms with Crippen molar-refractivity contribution < 1.29 is 32.3 Å². The molecule has 22 heavy (non-hydrogen) atoms. The number of quaternary nitrogens is 1. The van der Waals surface area contributed by atoms with Crippen LogP contribution in [-0.4, -0.2) is 23.3 Å². The van der Waals surface area contributed by atoms with E-state index in [9.17, 15) is 14.6 Å². The summed E-state index contributed by atoms with van der Waals surface area (Å²) in [4.78, 5) is 0. The van der Waals surface area contributed by atoms with Crippen molar-refractivity contribution in [3.05, 3.63) is 65.5 Å². The predicted octanol–water partition coefficient (Wildman–Crippen LogP) is -1.24. The van der Waals surface area contributed by atoms with E-state index in [2.05, 4.69) is 0 Å². The van der Waals surface area contributed by atoms with Crippen molar-refractivity contribution in [2.24, 2.45) is 0 Å². The van der Waals surface area contributed by atoms with E-state index in [1.165, 1.54) is 11.6 Å². The van der Waals surface area contributed by atoms with E-state index in [1.807, 2.05) is 17.4 Å². The van der Waals surface area contributed by atoms with Gasteiger partial charge in [0.2, 0.25) is 0 Å². The van der Waals surface area contributed by atoms with Crippen molar-refractivity contribution in [2.75, 3.05) is 13.1 Å². The summed E-state index contributed by atoms with van der Waals surface area (Å²) in [5.41, 5.74) is 1.53. The second kappa shape index (κ2) is 9.41. The zero-order chi connectivity index (χ0) is 15.1. The van der Waals surface area contributed by atoms with Gasteiger partial charge in [0.25, 0.3) is 0 Å². The molecule has 4 N–H and O–H groups in total. The van der Waals surface area contributed by atoms with Crippen molar-refractivity contribution in [1.29, 1.82) is 0 Å². The first-order valence-corrected chi connectivity index (χ1v) is 7.19. The minimum atomic E-state index is -0.778. The van der Waals surface area contributed by atoms with E-state index in [0.29, 0.717) is 12.1 Å². The quantitative estimate of drug-likeness (QED) is 0.558. The Hall–Kier alpha value is -1.62. The van der Waals surface area contributed by atoms with Crippen LogP contribution in [0.4, 0.5) is 4.39 Å². The highest BCUT2D eigenvalue weighted by molar-refractivity contribution is 5.25. The maximum Gasteiger partial charge on any atom is 0.131 e. The number of aliphatic hydroxyl groups is 1. The number of halogens is 2. The van der Waals surface area contributed by atoms with E-state index < -0.39 is 6.10 Å². The third-order valence-corrected chi connectivity index (χ3v) is 3.46. The maximum absolute atomic E-state index is 13.5. The Balaban J connectivity index is 0.00000242. The fourth-order valence-electron chi connectivity index (χ4n) is 2.26. The SMILES string of the molecule is Oc1ccc(CCC[NH2+]C[C@H](O)c2ccccc2F)cc1.[Cl-]. The first-order chi connectivity index (χ1) is 10.2. The van der Waals surface area contributed by atoms with Crippen LogP contribution in [0.2, 0.25) is 0 Å². The van der Waals surface area contributed by atoms with E-state index in [1.54, 1.807) is 30.3 Å². The number of hydrogen-bond donors (Lipinski definition) is 3. The lowest BCUT2D eigenvalue weighted by Gasteiger charge is -2.10. The molecular weight excluding hydrogens is 305 g/mol. The Bertz CT molecular complexity index is 563. The Morgan fingerprint density at radius 3 is 2.41 bits per heavy atom. The average Bonchev–Trinajstić information content (AvgIpc) is 2.49. The Labute approximate surface area is 136 Å². The van der Waals surface area contributed by atoms with Crippen LogP contribution in [0.5, 0.6) is 5.75 Å². The van der Waals surface area contributed by atoms with Crippen LogP contribution in [0.3, 0.4) is 0 Å². The normalized spacial score (nSPS) is 11.7. The van der Waals surface area contributed by atoms with Crippen LogP contribution in [0.1, 0.15) is 23.7 Å². The number of hydrogen-bond acceptors (Lipinski definition) is 2. The van der Waals surface area contributed by atoms with Gasteiger partial charge in [-0.3, -0.25) is 0 Å². The molecular formula is C17H21ClFNO2. The third kappa shape index (κ3) is 5.64. The Morgan fingerprint density at radius 1 is 1.05 bits per heavy atom. The molecule has 0 radical (unpaired) electrons. The second-order valence-electron chi connectivity index (χ2n) is 5.12. The number of aryl methyl sites for hydroxylation is 1. The summed E-state index contributed by atoms with van der Waals surface area (Å²) < 4.78 is 13.5. The van der Waals surface area contributed by atoms with Gasteiger partial charge >= 0.3 is 0 Å². The van der Waals surface area contributed by atoms with Gasteiger partial charge in [-0.1, -0.05) is 30.3 Å². The first-order valence-electron chi connectivity index (χ1n) is 7.19. The van der Waals surface area contributed by atoms with Gasteiger partial charge in [0.15, 0.2) is 0 Å². The Kier molecular flexibility index (Phi) is 7.88. The molecule has 1 atom stereocenters. The fourth-order valence-corrected chi connectivity index (χ4v) is 2.26. The largest absolute Gasteiger partial charge is 1.00 e. The first kappa shape index (κ1) is 18.4. The highest BCUT2D eigenvalue weighted by Crippen LogP contribution is 2.14. The molecule has 0 aliphatic rings. The highest BCUT2D eigenvalue weighted by Gasteiger charge is 2.13. The van der Waals surface area contributed by atoms with Crippen LogP contribution in [0, 0.1) is 5.82 Å². The molecule has 0 aliphatic carbocycles. The molecule has 2 rings (SSSR count). The van der Waals surface area contributed by atoms with Crippen LogP contribution in [0.15, 0.2) is 48.5 Å². The number of nitrogens with two attached hydrogens (primary N) is 1. The maximum atomic E-state index is 13.5. The minimum Gasteiger partial charge on any atom is -1.00 e. The molecule has 0 unspecified atom stereocenters. The lowest BCUT2D eigenvalue weighted by atomic mass is 10.1. The van der Waals surface area contributed by atoms with E-state index in [-0.39, 0.29) is 24.0 Å². The molecule has 0 aliphatic heterocycles. The molecule has 5 heteroatoms. The van der Waals surface area contributed by atoms with Gasteiger partial charge in [0, 0.05) is 12.0 Å². The van der Waals surface area contributed by atoms with Crippen LogP contribution in [-0.2, 0) is 6.42 Å². The van der Waals surface area contributed by atoms with E-state index >= 15 is 0 Å². The number of aromatic hydroxyl groups is 1. The number of phenols is 1. The molecule has 2 aromatic carbocycles. The molecule has 3 nitrogen and oxygen atoms in total. The summed E-state index contributed by atoms with van der Waals surface area (Å²) in [6, 6.07) is 13.5. The van der Waals surface area contributed by atoms with Gasteiger partial charge in [0.05, 0.1) is 6.54 Å². The topological polar surface area (TPSA) is 57.1 Å². The van der Waals surface area contributed by atoms with Crippen molar-refractivity contribution in [2.45, 2.75) is 18.9 Å².